The first kappa shape index (κ1) is 19.5. The molecule has 0 aliphatic carbocycles. The van der Waals surface area contributed by atoms with Gasteiger partial charge in [0.2, 0.25) is 15.9 Å². The van der Waals surface area contributed by atoms with Crippen molar-refractivity contribution in [3.63, 3.8) is 0 Å². The van der Waals surface area contributed by atoms with E-state index in [0.717, 1.165) is 17.7 Å². The summed E-state index contributed by atoms with van der Waals surface area (Å²) in [6.45, 7) is 5.26. The lowest BCUT2D eigenvalue weighted by atomic mass is 9.78. The van der Waals surface area contributed by atoms with Crippen LogP contribution in [0.15, 0.2) is 46.1 Å². The number of sulfonamides is 1. The van der Waals surface area contributed by atoms with Crippen molar-refractivity contribution in [1.29, 1.82) is 0 Å². The molecule has 1 amide bonds. The lowest BCUT2D eigenvalue weighted by Crippen LogP contribution is -2.49. The van der Waals surface area contributed by atoms with Crippen LogP contribution in [-0.2, 0) is 26.8 Å². The SMILES string of the molecule is CC1(C)CC(=O)Nc2ccc(S(=O)(=O)N3CC4CC(C3)c3cccc(=O)n3C4)cc21. The summed E-state index contributed by atoms with van der Waals surface area (Å²) in [6, 6.07) is 10.2. The number of carbonyl (C=O) groups is 1. The Bertz CT molecular complexity index is 1220. The first-order valence-corrected chi connectivity index (χ1v) is 11.7. The van der Waals surface area contributed by atoms with E-state index in [2.05, 4.69) is 5.32 Å². The van der Waals surface area contributed by atoms with E-state index in [0.29, 0.717) is 31.7 Å². The zero-order valence-corrected chi connectivity index (χ0v) is 17.9. The molecule has 1 aromatic heterocycles. The van der Waals surface area contributed by atoms with Gasteiger partial charge in [-0.05, 0) is 42.2 Å². The number of fused-ring (bicyclic) bond motifs is 5. The van der Waals surface area contributed by atoms with Crippen molar-refractivity contribution < 1.29 is 13.2 Å². The number of aromatic nitrogens is 1. The highest BCUT2D eigenvalue weighted by molar-refractivity contribution is 7.89. The van der Waals surface area contributed by atoms with E-state index in [-0.39, 0.29) is 28.2 Å². The minimum absolute atomic E-state index is 0.0162. The predicted octanol–water partition coefficient (Wildman–Crippen LogP) is 2.28. The van der Waals surface area contributed by atoms with Crippen LogP contribution in [0.4, 0.5) is 5.69 Å². The van der Waals surface area contributed by atoms with Crippen LogP contribution in [0.1, 0.15) is 43.9 Å². The third kappa shape index (κ3) is 3.01. The molecule has 2 unspecified atom stereocenters. The highest BCUT2D eigenvalue weighted by atomic mass is 32.2. The third-order valence-electron chi connectivity index (χ3n) is 6.68. The summed E-state index contributed by atoms with van der Waals surface area (Å²) in [5.74, 6) is 0.0925. The molecule has 5 rings (SSSR count). The van der Waals surface area contributed by atoms with Crippen LogP contribution in [0.5, 0.6) is 0 Å². The number of nitrogens with one attached hydrogen (secondary N) is 1. The molecular formula is C22H25N3O4S. The summed E-state index contributed by atoms with van der Waals surface area (Å²) in [7, 11) is -3.68. The first-order chi connectivity index (χ1) is 14.1. The fourth-order valence-corrected chi connectivity index (χ4v) is 6.83. The van der Waals surface area contributed by atoms with Gasteiger partial charge in [-0.25, -0.2) is 8.42 Å². The molecule has 7 nitrogen and oxygen atoms in total. The first-order valence-electron chi connectivity index (χ1n) is 10.3. The normalized spacial score (nSPS) is 25.2. The Kier molecular flexibility index (Phi) is 4.24. The van der Waals surface area contributed by atoms with Crippen LogP contribution >= 0.6 is 0 Å². The quantitative estimate of drug-likeness (QED) is 0.796. The molecule has 1 aromatic carbocycles. The molecule has 30 heavy (non-hydrogen) atoms. The molecule has 0 radical (unpaired) electrons. The van der Waals surface area contributed by atoms with Gasteiger partial charge >= 0.3 is 0 Å². The van der Waals surface area contributed by atoms with Crippen LogP contribution in [0.25, 0.3) is 0 Å². The standard InChI is InChI=1S/C22H25N3O4S/c1-22(2)10-20(26)23-18-7-6-16(9-17(18)22)30(28,29)24-11-14-8-15(13-24)19-4-3-5-21(27)25(19)12-14/h3-7,9,14-15H,8,10-13H2,1-2H3,(H,23,26). The van der Waals surface area contributed by atoms with E-state index < -0.39 is 15.4 Å². The smallest absolute Gasteiger partial charge is 0.250 e. The van der Waals surface area contributed by atoms with E-state index >= 15 is 0 Å². The Morgan fingerprint density at radius 2 is 1.87 bits per heavy atom. The van der Waals surface area contributed by atoms with E-state index in [1.165, 1.54) is 0 Å². The van der Waals surface area contributed by atoms with Gasteiger partial charge in [-0.1, -0.05) is 19.9 Å². The van der Waals surface area contributed by atoms with Gasteiger partial charge in [0.1, 0.15) is 0 Å². The van der Waals surface area contributed by atoms with Gasteiger partial charge in [-0.2, -0.15) is 4.31 Å². The maximum Gasteiger partial charge on any atom is 0.250 e. The molecule has 2 atom stereocenters. The molecule has 3 aliphatic heterocycles. The van der Waals surface area contributed by atoms with E-state index in [1.54, 1.807) is 39.2 Å². The molecule has 2 bridgehead atoms. The molecule has 0 saturated carbocycles. The molecule has 3 aliphatic rings. The molecular weight excluding hydrogens is 402 g/mol. The van der Waals surface area contributed by atoms with Gasteiger partial charge in [0.15, 0.2) is 0 Å². The van der Waals surface area contributed by atoms with E-state index in [9.17, 15) is 18.0 Å². The Morgan fingerprint density at radius 3 is 2.67 bits per heavy atom. The molecule has 1 fully saturated rings. The predicted molar refractivity (Wildman–Crippen MR) is 113 cm³/mol. The van der Waals surface area contributed by atoms with E-state index in [1.807, 2.05) is 19.9 Å². The number of amides is 1. The number of pyridine rings is 1. The number of hydrogen-bond donors (Lipinski definition) is 1. The number of anilines is 1. The minimum Gasteiger partial charge on any atom is -0.326 e. The van der Waals surface area contributed by atoms with Crippen LogP contribution in [-0.4, -0.2) is 36.3 Å². The number of piperidine rings is 1. The van der Waals surface area contributed by atoms with Gasteiger partial charge in [0.05, 0.1) is 4.90 Å². The monoisotopic (exact) mass is 427 g/mol. The number of benzene rings is 1. The summed E-state index contributed by atoms with van der Waals surface area (Å²) in [5.41, 5.74) is 2.00. The Labute approximate surface area is 175 Å². The highest BCUT2D eigenvalue weighted by Gasteiger charge is 2.40. The van der Waals surface area contributed by atoms with Gasteiger partial charge in [0, 0.05) is 54.8 Å². The zero-order valence-electron chi connectivity index (χ0n) is 17.1. The van der Waals surface area contributed by atoms with Gasteiger partial charge in [0.25, 0.3) is 5.56 Å². The Hall–Kier alpha value is -2.45. The maximum atomic E-state index is 13.5. The van der Waals surface area contributed by atoms with Crippen molar-refractivity contribution in [2.24, 2.45) is 5.92 Å². The molecule has 2 aromatic rings. The second kappa shape index (κ2) is 6.52. The van der Waals surface area contributed by atoms with Crippen molar-refractivity contribution in [2.45, 2.75) is 49.5 Å². The van der Waals surface area contributed by atoms with Crippen molar-refractivity contribution in [3.8, 4) is 0 Å². The van der Waals surface area contributed by atoms with Crippen molar-refractivity contribution in [2.75, 3.05) is 18.4 Å². The maximum absolute atomic E-state index is 13.5. The highest BCUT2D eigenvalue weighted by Crippen LogP contribution is 2.40. The number of rotatable bonds is 2. The van der Waals surface area contributed by atoms with Gasteiger partial charge < -0.3 is 9.88 Å². The zero-order chi connectivity index (χ0) is 21.3. The number of nitrogens with zero attached hydrogens (tertiary/aromatic N) is 2. The number of hydrogen-bond acceptors (Lipinski definition) is 4. The molecule has 1 saturated heterocycles. The van der Waals surface area contributed by atoms with Gasteiger partial charge in [-0.3, -0.25) is 9.59 Å². The summed E-state index contributed by atoms with van der Waals surface area (Å²) < 4.78 is 30.4. The lowest BCUT2D eigenvalue weighted by molar-refractivity contribution is -0.117. The fraction of sp³-hybridized carbons (Fsp3) is 0.455. The molecule has 8 heteroatoms. The van der Waals surface area contributed by atoms with Crippen molar-refractivity contribution >= 4 is 21.6 Å². The van der Waals surface area contributed by atoms with Crippen LogP contribution < -0.4 is 10.9 Å². The lowest BCUT2D eigenvalue weighted by Gasteiger charge is -2.42. The average molecular weight is 428 g/mol. The van der Waals surface area contributed by atoms with Crippen LogP contribution in [0.3, 0.4) is 0 Å². The van der Waals surface area contributed by atoms with E-state index in [4.69, 9.17) is 0 Å². The third-order valence-corrected chi connectivity index (χ3v) is 8.51. The second-order valence-corrected chi connectivity index (χ2v) is 11.3. The van der Waals surface area contributed by atoms with Crippen molar-refractivity contribution in [3.05, 3.63) is 58.0 Å². The summed E-state index contributed by atoms with van der Waals surface area (Å²) in [5, 5.41) is 2.84. The molecule has 4 heterocycles. The summed E-state index contributed by atoms with van der Waals surface area (Å²) >= 11 is 0. The Balaban J connectivity index is 1.50. The largest absolute Gasteiger partial charge is 0.326 e. The second-order valence-electron chi connectivity index (χ2n) is 9.34. The topological polar surface area (TPSA) is 88.5 Å². The average Bonchev–Trinajstić information content (AvgIpc) is 2.67. The summed E-state index contributed by atoms with van der Waals surface area (Å²) in [6.07, 6.45) is 1.22. The van der Waals surface area contributed by atoms with Crippen LogP contribution in [0, 0.1) is 5.92 Å². The van der Waals surface area contributed by atoms with Crippen molar-refractivity contribution in [1.82, 2.24) is 8.87 Å². The summed E-state index contributed by atoms with van der Waals surface area (Å²) in [4.78, 5) is 24.4. The van der Waals surface area contributed by atoms with Gasteiger partial charge in [-0.15, -0.1) is 0 Å². The molecule has 158 valence electrons. The molecule has 1 N–H and O–H groups in total. The number of carbonyl (C=O) groups excluding carboxylic acids is 1. The minimum atomic E-state index is -3.68. The Morgan fingerprint density at radius 1 is 1.07 bits per heavy atom. The fourth-order valence-electron chi connectivity index (χ4n) is 5.24. The molecule has 0 spiro atoms. The van der Waals surface area contributed by atoms with Crippen LogP contribution in [0.2, 0.25) is 0 Å².